The highest BCUT2D eigenvalue weighted by Gasteiger charge is 2.40. The third-order valence-electron chi connectivity index (χ3n) is 3.26. The Labute approximate surface area is 124 Å². The number of halogens is 4. The summed E-state index contributed by atoms with van der Waals surface area (Å²) in [5.41, 5.74) is -0.214. The van der Waals surface area contributed by atoms with Crippen molar-refractivity contribution in [3.63, 3.8) is 0 Å². The van der Waals surface area contributed by atoms with Crippen LogP contribution in [0.3, 0.4) is 0 Å². The fraction of sp³-hybridized carbons (Fsp3) is 0.333. The van der Waals surface area contributed by atoms with Crippen LogP contribution in [-0.2, 0) is 11.3 Å². The van der Waals surface area contributed by atoms with Crippen molar-refractivity contribution in [1.82, 2.24) is 0 Å². The lowest BCUT2D eigenvalue weighted by atomic mass is 9.90. The van der Waals surface area contributed by atoms with Crippen molar-refractivity contribution in [2.75, 3.05) is 0 Å². The molecule has 1 saturated carbocycles. The largest absolute Gasteiger partial charge is 0.504 e. The van der Waals surface area contributed by atoms with E-state index in [4.69, 9.17) is 0 Å². The first-order chi connectivity index (χ1) is 10.3. The van der Waals surface area contributed by atoms with E-state index in [2.05, 4.69) is 4.99 Å². The van der Waals surface area contributed by atoms with Crippen molar-refractivity contribution < 1.29 is 27.5 Å². The summed E-state index contributed by atoms with van der Waals surface area (Å²) in [7, 11) is 0. The molecule has 1 aliphatic rings. The van der Waals surface area contributed by atoms with Crippen molar-refractivity contribution in [2.24, 2.45) is 4.99 Å². The van der Waals surface area contributed by atoms with Crippen LogP contribution >= 0.6 is 0 Å². The minimum atomic E-state index is -4.99. The smallest absolute Gasteiger partial charge is 0.449 e. The number of carbonyl (C=O) groups is 1. The van der Waals surface area contributed by atoms with Gasteiger partial charge in [-0.3, -0.25) is 9.79 Å². The molecule has 0 spiro atoms. The number of nitrogens with zero attached hydrogens (tertiary/aromatic N) is 1. The Morgan fingerprint density at radius 1 is 1.18 bits per heavy atom. The number of aliphatic hydroxyl groups excluding tert-OH is 1. The van der Waals surface area contributed by atoms with Gasteiger partial charge in [0.25, 0.3) is 0 Å². The summed E-state index contributed by atoms with van der Waals surface area (Å²) in [6, 6.07) is 5.34. The molecule has 3 nitrogen and oxygen atoms in total. The van der Waals surface area contributed by atoms with Gasteiger partial charge in [-0.1, -0.05) is 12.1 Å². The number of carbonyl (C=O) groups excluding carboxylic acids is 1. The molecule has 0 aromatic heterocycles. The molecule has 0 aliphatic heterocycles. The van der Waals surface area contributed by atoms with Gasteiger partial charge in [-0.15, -0.1) is 0 Å². The Bertz CT molecular complexity index is 630. The summed E-state index contributed by atoms with van der Waals surface area (Å²) in [6.45, 7) is 0.0114. The van der Waals surface area contributed by atoms with E-state index < -0.39 is 29.1 Å². The minimum Gasteiger partial charge on any atom is -0.504 e. The van der Waals surface area contributed by atoms with Gasteiger partial charge in [0.2, 0.25) is 5.76 Å². The molecule has 1 N–H and O–H groups in total. The molecule has 118 valence electrons. The molecule has 7 heteroatoms. The van der Waals surface area contributed by atoms with E-state index in [1.54, 1.807) is 0 Å². The Morgan fingerprint density at radius 3 is 2.41 bits per heavy atom. The van der Waals surface area contributed by atoms with Crippen LogP contribution < -0.4 is 0 Å². The molecule has 0 atom stereocenters. The number of Topliss-reactive ketones (excluding diaryl/α,β-unsaturated/α-hetero) is 1. The standard InChI is InChI=1S/C15H13F4NO2/c16-10-6-4-9(5-7-10)8-20-11-2-1-3-12(21)13(11)14(22)15(17,18)19/h4-7,22H,1-3,8H2/b14-13+,20-11?. The zero-order chi connectivity index (χ0) is 16.3. The van der Waals surface area contributed by atoms with E-state index in [0.717, 1.165) is 0 Å². The third-order valence-corrected chi connectivity index (χ3v) is 3.26. The summed E-state index contributed by atoms with van der Waals surface area (Å²) < 4.78 is 50.7. The first-order valence-corrected chi connectivity index (χ1v) is 6.61. The maximum Gasteiger partial charge on any atom is 0.449 e. The zero-order valence-electron chi connectivity index (χ0n) is 11.5. The lowest BCUT2D eigenvalue weighted by Crippen LogP contribution is -2.26. The number of benzene rings is 1. The highest BCUT2D eigenvalue weighted by atomic mass is 19.4. The maximum absolute atomic E-state index is 12.8. The molecule has 0 heterocycles. The first kappa shape index (κ1) is 16.2. The molecule has 1 fully saturated rings. The molecule has 1 aliphatic carbocycles. The SMILES string of the molecule is O=C1CCCC(=NCc2ccc(F)cc2)/C1=C(\O)C(F)(F)F. The van der Waals surface area contributed by atoms with Crippen LogP contribution in [0.25, 0.3) is 0 Å². The van der Waals surface area contributed by atoms with E-state index in [9.17, 15) is 27.5 Å². The maximum atomic E-state index is 12.8. The molecule has 2 rings (SSSR count). The second-order valence-corrected chi connectivity index (χ2v) is 4.89. The van der Waals surface area contributed by atoms with Gasteiger partial charge in [-0.25, -0.2) is 4.39 Å². The molecular weight excluding hydrogens is 302 g/mol. The molecule has 0 radical (unpaired) electrons. The second kappa shape index (κ2) is 6.29. The van der Waals surface area contributed by atoms with Crippen LogP contribution in [0.15, 0.2) is 40.6 Å². The average Bonchev–Trinajstić information content (AvgIpc) is 2.45. The van der Waals surface area contributed by atoms with Gasteiger partial charge in [0.15, 0.2) is 5.78 Å². The number of ketones is 1. The Kier molecular flexibility index (Phi) is 4.63. The fourth-order valence-electron chi connectivity index (χ4n) is 2.17. The van der Waals surface area contributed by atoms with Crippen molar-refractivity contribution in [2.45, 2.75) is 32.0 Å². The topological polar surface area (TPSA) is 49.7 Å². The normalized spacial score (nSPS) is 20.4. The minimum absolute atomic E-state index is 0.0114. The van der Waals surface area contributed by atoms with Gasteiger partial charge in [0.05, 0.1) is 12.1 Å². The van der Waals surface area contributed by atoms with E-state index in [1.807, 2.05) is 0 Å². The Balaban J connectivity index is 2.32. The quantitative estimate of drug-likeness (QED) is 0.511. The average molecular weight is 315 g/mol. The monoisotopic (exact) mass is 315 g/mol. The van der Waals surface area contributed by atoms with Crippen molar-refractivity contribution in [1.29, 1.82) is 0 Å². The van der Waals surface area contributed by atoms with E-state index >= 15 is 0 Å². The van der Waals surface area contributed by atoms with E-state index in [1.165, 1.54) is 24.3 Å². The number of aliphatic imine (C=N–C) groups is 1. The van der Waals surface area contributed by atoms with Gasteiger partial charge in [-0.05, 0) is 30.5 Å². The third kappa shape index (κ3) is 3.72. The predicted molar refractivity (Wildman–Crippen MR) is 72.1 cm³/mol. The number of aliphatic hydroxyl groups is 1. The number of alkyl halides is 3. The lowest BCUT2D eigenvalue weighted by Gasteiger charge is -2.18. The van der Waals surface area contributed by atoms with Gasteiger partial charge in [-0.2, -0.15) is 13.2 Å². The summed E-state index contributed by atoms with van der Waals surface area (Å²) in [5.74, 6) is -3.09. The molecule has 0 saturated heterocycles. The molecule has 22 heavy (non-hydrogen) atoms. The van der Waals surface area contributed by atoms with Crippen molar-refractivity contribution in [3.05, 3.63) is 47.0 Å². The van der Waals surface area contributed by atoms with Crippen LogP contribution in [0.2, 0.25) is 0 Å². The molecule has 0 bridgehead atoms. The van der Waals surface area contributed by atoms with Gasteiger partial charge in [0.1, 0.15) is 5.82 Å². The van der Waals surface area contributed by atoms with Gasteiger partial charge < -0.3 is 5.11 Å². The molecular formula is C15H13F4NO2. The second-order valence-electron chi connectivity index (χ2n) is 4.89. The number of rotatable bonds is 2. The summed E-state index contributed by atoms with van der Waals surface area (Å²) >= 11 is 0. The van der Waals surface area contributed by atoms with Crippen LogP contribution in [0.5, 0.6) is 0 Å². The van der Waals surface area contributed by atoms with E-state index in [0.29, 0.717) is 12.0 Å². The first-order valence-electron chi connectivity index (χ1n) is 6.61. The lowest BCUT2D eigenvalue weighted by molar-refractivity contribution is -0.126. The molecule has 1 aromatic carbocycles. The van der Waals surface area contributed by atoms with Gasteiger partial charge in [0, 0.05) is 12.1 Å². The Hall–Kier alpha value is -2.18. The Morgan fingerprint density at radius 2 is 1.82 bits per heavy atom. The summed E-state index contributed by atoms with van der Waals surface area (Å²) in [4.78, 5) is 15.7. The number of allylic oxidation sites excluding steroid dienone is 2. The van der Waals surface area contributed by atoms with Gasteiger partial charge >= 0.3 is 6.18 Å². The molecule has 0 unspecified atom stereocenters. The number of hydrogen-bond donors (Lipinski definition) is 1. The van der Waals surface area contributed by atoms with Crippen LogP contribution in [0.1, 0.15) is 24.8 Å². The molecule has 1 aromatic rings. The summed E-state index contributed by atoms with van der Waals surface area (Å²) in [5, 5.41) is 9.29. The van der Waals surface area contributed by atoms with E-state index in [-0.39, 0.29) is 25.1 Å². The van der Waals surface area contributed by atoms with Crippen LogP contribution in [0.4, 0.5) is 17.6 Å². The van der Waals surface area contributed by atoms with Crippen LogP contribution in [-0.4, -0.2) is 22.8 Å². The zero-order valence-corrected chi connectivity index (χ0v) is 11.5. The summed E-state index contributed by atoms with van der Waals surface area (Å²) in [6.07, 6.45) is -4.47. The molecule has 0 amide bonds. The van der Waals surface area contributed by atoms with Crippen molar-refractivity contribution in [3.8, 4) is 0 Å². The highest BCUT2D eigenvalue weighted by molar-refractivity contribution is 6.24. The highest BCUT2D eigenvalue weighted by Crippen LogP contribution is 2.30. The van der Waals surface area contributed by atoms with Crippen molar-refractivity contribution >= 4 is 11.5 Å². The predicted octanol–water partition coefficient (Wildman–Crippen LogP) is 3.89. The number of hydrogen-bond acceptors (Lipinski definition) is 3. The van der Waals surface area contributed by atoms with Crippen LogP contribution in [0, 0.1) is 5.82 Å². The fourth-order valence-corrected chi connectivity index (χ4v) is 2.17.